The minimum Gasteiger partial charge on any atom is -0.0771 e. The molecule has 0 aromatic heterocycles. The molecule has 0 nitrogen and oxygen atoms in total. The molecule has 1 saturated carbocycles. The molecule has 0 atom stereocenters. The van der Waals surface area contributed by atoms with Gasteiger partial charge in [-0.25, -0.2) is 0 Å². The summed E-state index contributed by atoms with van der Waals surface area (Å²) in [7, 11) is -0.384. The van der Waals surface area contributed by atoms with Gasteiger partial charge >= 0.3 is 0 Å². The SMILES string of the molecule is CCC/C(=C\C1CCCCC1)P(c1ccccc1)c1ccccc1. The normalized spacial score (nSPS) is 16.5. The van der Waals surface area contributed by atoms with E-state index in [9.17, 15) is 0 Å². The molecule has 1 fully saturated rings. The lowest BCUT2D eigenvalue weighted by Crippen LogP contribution is -2.14. The maximum atomic E-state index is 2.67. The van der Waals surface area contributed by atoms with Crippen LogP contribution >= 0.6 is 7.92 Å². The molecule has 0 N–H and O–H groups in total. The molecule has 1 aliphatic rings. The molecule has 0 saturated heterocycles. The van der Waals surface area contributed by atoms with E-state index in [1.165, 1.54) is 55.6 Å². The molecule has 0 unspecified atom stereocenters. The second-order valence-corrected chi connectivity index (χ2v) is 9.09. The lowest BCUT2D eigenvalue weighted by atomic mass is 9.89. The van der Waals surface area contributed by atoms with Crippen molar-refractivity contribution in [2.75, 3.05) is 0 Å². The number of rotatable bonds is 6. The molecule has 0 bridgehead atoms. The Morgan fingerprint density at radius 2 is 1.42 bits per heavy atom. The smallest absolute Gasteiger partial charge is 0.0154 e. The molecule has 1 aliphatic carbocycles. The van der Waals surface area contributed by atoms with E-state index >= 15 is 0 Å². The van der Waals surface area contributed by atoms with E-state index in [1.807, 2.05) is 0 Å². The van der Waals surface area contributed by atoms with Crippen molar-refractivity contribution in [3.05, 3.63) is 72.1 Å². The van der Waals surface area contributed by atoms with Crippen LogP contribution in [0, 0.1) is 5.92 Å². The number of allylic oxidation sites excluding steroid dienone is 2. The van der Waals surface area contributed by atoms with E-state index in [2.05, 4.69) is 73.7 Å². The standard InChI is InChI=1S/C23H29P/c1-2-12-23(19-20-13-6-3-7-14-20)24(21-15-8-4-9-16-21)22-17-10-5-11-18-22/h4-5,8-11,15-20H,2-3,6-7,12-14H2,1H3/b23-19+. The highest BCUT2D eigenvalue weighted by Gasteiger charge is 2.20. The van der Waals surface area contributed by atoms with E-state index in [0.29, 0.717) is 0 Å². The molecule has 3 rings (SSSR count). The lowest BCUT2D eigenvalue weighted by Gasteiger charge is -2.26. The van der Waals surface area contributed by atoms with Crippen molar-refractivity contribution in [3.8, 4) is 0 Å². The first kappa shape index (κ1) is 17.4. The summed E-state index contributed by atoms with van der Waals surface area (Å²) in [5, 5.41) is 4.68. The summed E-state index contributed by atoms with van der Waals surface area (Å²) in [6, 6.07) is 22.3. The van der Waals surface area contributed by atoms with Crippen LogP contribution in [-0.4, -0.2) is 0 Å². The molecule has 0 aliphatic heterocycles. The summed E-state index contributed by atoms with van der Waals surface area (Å²) in [6.45, 7) is 2.32. The fourth-order valence-corrected chi connectivity index (χ4v) is 6.44. The van der Waals surface area contributed by atoms with Gasteiger partial charge in [-0.2, -0.15) is 0 Å². The van der Waals surface area contributed by atoms with Crippen molar-refractivity contribution in [2.24, 2.45) is 5.92 Å². The van der Waals surface area contributed by atoms with Gasteiger partial charge in [-0.05, 0) is 49.0 Å². The van der Waals surface area contributed by atoms with Crippen LogP contribution in [0.25, 0.3) is 0 Å². The first-order chi connectivity index (χ1) is 11.9. The average Bonchev–Trinajstić information content (AvgIpc) is 2.65. The van der Waals surface area contributed by atoms with Gasteiger partial charge in [0.15, 0.2) is 0 Å². The Hall–Kier alpha value is -1.39. The fourth-order valence-electron chi connectivity index (χ4n) is 3.73. The van der Waals surface area contributed by atoms with Gasteiger partial charge in [-0.3, -0.25) is 0 Å². The molecular formula is C23H29P. The van der Waals surface area contributed by atoms with Gasteiger partial charge < -0.3 is 0 Å². The van der Waals surface area contributed by atoms with Crippen molar-refractivity contribution in [2.45, 2.75) is 51.9 Å². The van der Waals surface area contributed by atoms with Gasteiger partial charge in [-0.15, -0.1) is 0 Å². The maximum absolute atomic E-state index is 2.67. The van der Waals surface area contributed by atoms with E-state index < -0.39 is 0 Å². The van der Waals surface area contributed by atoms with Crippen LogP contribution in [0.2, 0.25) is 0 Å². The highest BCUT2D eigenvalue weighted by Crippen LogP contribution is 2.46. The van der Waals surface area contributed by atoms with Crippen molar-refractivity contribution >= 4 is 18.5 Å². The minimum absolute atomic E-state index is 0.384. The van der Waals surface area contributed by atoms with Crippen LogP contribution < -0.4 is 10.6 Å². The van der Waals surface area contributed by atoms with Gasteiger partial charge in [0.25, 0.3) is 0 Å². The van der Waals surface area contributed by atoms with E-state index in [-0.39, 0.29) is 7.92 Å². The molecule has 1 heteroatoms. The second kappa shape index (κ2) is 9.19. The minimum atomic E-state index is -0.384. The van der Waals surface area contributed by atoms with Gasteiger partial charge in [-0.1, -0.05) is 99.3 Å². The Morgan fingerprint density at radius 1 is 0.875 bits per heavy atom. The second-order valence-electron chi connectivity index (χ2n) is 6.81. The van der Waals surface area contributed by atoms with Crippen LogP contribution in [0.3, 0.4) is 0 Å². The van der Waals surface area contributed by atoms with E-state index in [0.717, 1.165) is 5.92 Å². The third kappa shape index (κ3) is 4.58. The molecule has 2 aromatic rings. The summed E-state index contributed by atoms with van der Waals surface area (Å²) in [4.78, 5) is 0. The Bertz CT molecular complexity index is 584. The van der Waals surface area contributed by atoms with Crippen molar-refractivity contribution in [1.82, 2.24) is 0 Å². The van der Waals surface area contributed by atoms with Gasteiger partial charge in [0, 0.05) is 0 Å². The molecule has 126 valence electrons. The van der Waals surface area contributed by atoms with Gasteiger partial charge in [0.05, 0.1) is 0 Å². The third-order valence-electron chi connectivity index (χ3n) is 4.90. The van der Waals surface area contributed by atoms with E-state index in [4.69, 9.17) is 0 Å². The van der Waals surface area contributed by atoms with Crippen LogP contribution in [0.15, 0.2) is 72.1 Å². The van der Waals surface area contributed by atoms with E-state index in [1.54, 1.807) is 5.31 Å². The quantitative estimate of drug-likeness (QED) is 0.537. The summed E-state index contributed by atoms with van der Waals surface area (Å²) >= 11 is 0. The zero-order valence-corrected chi connectivity index (χ0v) is 15.7. The fraction of sp³-hybridized carbons (Fsp3) is 0.391. The topological polar surface area (TPSA) is 0 Å². The molecule has 0 spiro atoms. The number of hydrogen-bond acceptors (Lipinski definition) is 0. The van der Waals surface area contributed by atoms with Gasteiger partial charge in [0.1, 0.15) is 0 Å². The molecular weight excluding hydrogens is 307 g/mol. The Balaban J connectivity index is 1.99. The summed E-state index contributed by atoms with van der Waals surface area (Å²) in [6.07, 6.45) is 12.2. The van der Waals surface area contributed by atoms with Crippen LogP contribution in [-0.2, 0) is 0 Å². The summed E-state index contributed by atoms with van der Waals surface area (Å²) in [5.74, 6) is 0.803. The Morgan fingerprint density at radius 3 is 1.92 bits per heavy atom. The molecule has 2 aromatic carbocycles. The highest BCUT2D eigenvalue weighted by atomic mass is 31.1. The Labute approximate surface area is 148 Å². The monoisotopic (exact) mass is 336 g/mol. The first-order valence-electron chi connectivity index (χ1n) is 9.49. The molecule has 0 amide bonds. The largest absolute Gasteiger partial charge is 0.0771 e. The zero-order valence-electron chi connectivity index (χ0n) is 14.8. The predicted molar refractivity (Wildman–Crippen MR) is 109 cm³/mol. The third-order valence-corrected chi connectivity index (χ3v) is 7.48. The summed E-state index contributed by atoms with van der Waals surface area (Å²) in [5.41, 5.74) is 0. The first-order valence-corrected chi connectivity index (χ1v) is 10.8. The predicted octanol–water partition coefficient (Wildman–Crippen LogP) is 6.38. The Kier molecular flexibility index (Phi) is 6.67. The van der Waals surface area contributed by atoms with Crippen molar-refractivity contribution in [1.29, 1.82) is 0 Å². The number of benzene rings is 2. The van der Waals surface area contributed by atoms with Crippen LogP contribution in [0.1, 0.15) is 51.9 Å². The lowest BCUT2D eigenvalue weighted by molar-refractivity contribution is 0.418. The molecule has 0 heterocycles. The van der Waals surface area contributed by atoms with Crippen LogP contribution in [0.5, 0.6) is 0 Å². The average molecular weight is 336 g/mol. The molecule has 0 radical (unpaired) electrons. The van der Waals surface area contributed by atoms with Crippen molar-refractivity contribution < 1.29 is 0 Å². The van der Waals surface area contributed by atoms with Crippen LogP contribution in [0.4, 0.5) is 0 Å². The maximum Gasteiger partial charge on any atom is -0.0154 e. The van der Waals surface area contributed by atoms with Gasteiger partial charge in [0.2, 0.25) is 0 Å². The zero-order chi connectivity index (χ0) is 16.6. The highest BCUT2D eigenvalue weighted by molar-refractivity contribution is 7.76. The number of hydrogen-bond donors (Lipinski definition) is 0. The van der Waals surface area contributed by atoms with Crippen molar-refractivity contribution in [3.63, 3.8) is 0 Å². The molecule has 24 heavy (non-hydrogen) atoms. The summed E-state index contributed by atoms with van der Waals surface area (Å²) < 4.78 is 0.